The lowest BCUT2D eigenvalue weighted by Gasteiger charge is -2.05. The maximum atomic E-state index is 12.2. The number of halogens is 1. The third-order valence-electron chi connectivity index (χ3n) is 2.16. The highest BCUT2D eigenvalue weighted by Gasteiger charge is 2.10. The Hall–Kier alpha value is -1.19. The van der Waals surface area contributed by atoms with Crippen LogP contribution in [0.4, 0.5) is 0 Å². The summed E-state index contributed by atoms with van der Waals surface area (Å²) in [5.74, 6) is 0. The van der Waals surface area contributed by atoms with Crippen molar-refractivity contribution in [2.75, 3.05) is 0 Å². The van der Waals surface area contributed by atoms with Crippen molar-refractivity contribution < 1.29 is 4.21 Å². The molecule has 0 aliphatic carbocycles. The van der Waals surface area contributed by atoms with E-state index in [4.69, 9.17) is 11.6 Å². The molecule has 0 bridgehead atoms. The van der Waals surface area contributed by atoms with Crippen LogP contribution >= 0.6 is 11.6 Å². The van der Waals surface area contributed by atoms with Gasteiger partial charge in [0.25, 0.3) is 0 Å². The Balaban J connectivity index is 2.42. The molecule has 0 N–H and O–H groups in total. The average Bonchev–Trinajstić information content (AvgIpc) is 2.29. The zero-order chi connectivity index (χ0) is 11.5. The Bertz CT molecular complexity index is 528. The number of nitrogens with zero attached hydrogens (tertiary/aromatic N) is 1. The average molecular weight is 252 g/mol. The number of hydrogen-bond donors (Lipinski definition) is 0. The molecule has 2 nitrogen and oxygen atoms in total. The highest BCUT2D eigenvalue weighted by atomic mass is 35.5. The SMILES string of the molecule is Cc1cc(Cl)ccc1S(=O)c1ccccn1. The zero-order valence-corrected chi connectivity index (χ0v) is 10.3. The normalized spacial score (nSPS) is 12.4. The number of pyridine rings is 1. The summed E-state index contributed by atoms with van der Waals surface area (Å²) in [4.78, 5) is 4.84. The van der Waals surface area contributed by atoms with Crippen LogP contribution in [0.1, 0.15) is 5.56 Å². The number of hydrogen-bond acceptors (Lipinski definition) is 2. The monoisotopic (exact) mass is 251 g/mol. The molecular weight excluding hydrogens is 242 g/mol. The molecule has 0 saturated heterocycles. The van der Waals surface area contributed by atoms with Crippen LogP contribution in [0.3, 0.4) is 0 Å². The van der Waals surface area contributed by atoms with E-state index in [0.29, 0.717) is 10.0 Å². The predicted octanol–water partition coefficient (Wildman–Crippen LogP) is 3.21. The summed E-state index contributed by atoms with van der Waals surface area (Å²) in [6, 6.07) is 10.7. The van der Waals surface area contributed by atoms with Gasteiger partial charge in [-0.3, -0.25) is 0 Å². The minimum Gasteiger partial charge on any atom is -0.247 e. The minimum absolute atomic E-state index is 0.563. The van der Waals surface area contributed by atoms with E-state index in [1.54, 1.807) is 36.5 Å². The highest BCUT2D eigenvalue weighted by molar-refractivity contribution is 7.85. The Kier molecular flexibility index (Phi) is 3.36. The topological polar surface area (TPSA) is 30.0 Å². The smallest absolute Gasteiger partial charge is 0.132 e. The van der Waals surface area contributed by atoms with Gasteiger partial charge in [-0.1, -0.05) is 17.7 Å². The van der Waals surface area contributed by atoms with Crippen molar-refractivity contribution in [1.82, 2.24) is 4.98 Å². The molecule has 0 radical (unpaired) electrons. The van der Waals surface area contributed by atoms with Gasteiger partial charge in [-0.05, 0) is 42.8 Å². The molecule has 0 spiro atoms. The van der Waals surface area contributed by atoms with Crippen LogP contribution in [0.5, 0.6) is 0 Å². The molecule has 16 heavy (non-hydrogen) atoms. The van der Waals surface area contributed by atoms with Crippen LogP contribution in [0.25, 0.3) is 0 Å². The van der Waals surface area contributed by atoms with Crippen LogP contribution in [-0.4, -0.2) is 9.19 Å². The maximum Gasteiger partial charge on any atom is 0.132 e. The van der Waals surface area contributed by atoms with Crippen molar-refractivity contribution in [3.63, 3.8) is 0 Å². The van der Waals surface area contributed by atoms with E-state index in [-0.39, 0.29) is 0 Å². The molecule has 0 amide bonds. The van der Waals surface area contributed by atoms with Gasteiger partial charge in [-0.25, -0.2) is 9.19 Å². The van der Waals surface area contributed by atoms with Gasteiger partial charge >= 0.3 is 0 Å². The van der Waals surface area contributed by atoms with Gasteiger partial charge in [0.15, 0.2) is 0 Å². The number of rotatable bonds is 2. The summed E-state index contributed by atoms with van der Waals surface area (Å²) in [6.45, 7) is 1.89. The van der Waals surface area contributed by atoms with E-state index in [9.17, 15) is 4.21 Å². The second-order valence-corrected chi connectivity index (χ2v) is 5.18. The van der Waals surface area contributed by atoms with Crippen LogP contribution in [0.15, 0.2) is 52.5 Å². The lowest BCUT2D eigenvalue weighted by molar-refractivity contribution is 0.680. The Labute approximate surface area is 102 Å². The molecule has 82 valence electrons. The first kappa shape index (κ1) is 11.3. The molecular formula is C12H10ClNOS. The highest BCUT2D eigenvalue weighted by Crippen LogP contribution is 2.21. The molecule has 1 aromatic carbocycles. The van der Waals surface area contributed by atoms with Crippen LogP contribution in [0.2, 0.25) is 5.02 Å². The van der Waals surface area contributed by atoms with E-state index in [0.717, 1.165) is 10.5 Å². The van der Waals surface area contributed by atoms with Crippen LogP contribution < -0.4 is 0 Å². The van der Waals surface area contributed by atoms with Crippen molar-refractivity contribution in [2.45, 2.75) is 16.8 Å². The molecule has 4 heteroatoms. The molecule has 2 aromatic rings. The van der Waals surface area contributed by atoms with Gasteiger partial charge in [0.2, 0.25) is 0 Å². The lowest BCUT2D eigenvalue weighted by atomic mass is 10.2. The van der Waals surface area contributed by atoms with Crippen molar-refractivity contribution in [3.05, 3.63) is 53.2 Å². The molecule has 0 aliphatic heterocycles. The van der Waals surface area contributed by atoms with Gasteiger partial charge in [-0.2, -0.15) is 0 Å². The summed E-state index contributed by atoms with van der Waals surface area (Å²) in [5, 5.41) is 1.21. The Morgan fingerprint density at radius 1 is 1.25 bits per heavy atom. The molecule has 1 heterocycles. The second-order valence-electron chi connectivity index (χ2n) is 3.35. The third-order valence-corrected chi connectivity index (χ3v) is 3.88. The molecule has 0 fully saturated rings. The second kappa shape index (κ2) is 4.76. The maximum absolute atomic E-state index is 12.2. The Morgan fingerprint density at radius 2 is 2.06 bits per heavy atom. The first-order chi connectivity index (χ1) is 7.68. The van der Waals surface area contributed by atoms with Gasteiger partial charge < -0.3 is 0 Å². The van der Waals surface area contributed by atoms with Crippen LogP contribution in [-0.2, 0) is 10.8 Å². The summed E-state index contributed by atoms with van der Waals surface area (Å²) >= 11 is 5.85. The van der Waals surface area contributed by atoms with Gasteiger partial charge in [0, 0.05) is 16.1 Å². The third kappa shape index (κ3) is 2.31. The van der Waals surface area contributed by atoms with Crippen molar-refractivity contribution in [3.8, 4) is 0 Å². The first-order valence-corrected chi connectivity index (χ1v) is 6.30. The predicted molar refractivity (Wildman–Crippen MR) is 65.1 cm³/mol. The van der Waals surface area contributed by atoms with Crippen molar-refractivity contribution in [2.24, 2.45) is 0 Å². The molecule has 1 aromatic heterocycles. The first-order valence-electron chi connectivity index (χ1n) is 4.77. The zero-order valence-electron chi connectivity index (χ0n) is 8.68. The quantitative estimate of drug-likeness (QED) is 0.820. The van der Waals surface area contributed by atoms with Gasteiger partial charge in [0.1, 0.15) is 15.8 Å². The Morgan fingerprint density at radius 3 is 2.69 bits per heavy atom. The number of aryl methyl sites for hydroxylation is 1. The number of benzene rings is 1. The van der Waals surface area contributed by atoms with Gasteiger partial charge in [0.05, 0.1) is 0 Å². The molecule has 2 rings (SSSR count). The number of aromatic nitrogens is 1. The molecule has 1 atom stereocenters. The van der Waals surface area contributed by atoms with E-state index >= 15 is 0 Å². The fourth-order valence-electron chi connectivity index (χ4n) is 1.39. The fraction of sp³-hybridized carbons (Fsp3) is 0.0833. The molecule has 0 aliphatic rings. The van der Waals surface area contributed by atoms with E-state index in [1.165, 1.54) is 0 Å². The molecule has 0 saturated carbocycles. The largest absolute Gasteiger partial charge is 0.247 e. The van der Waals surface area contributed by atoms with E-state index in [2.05, 4.69) is 4.98 Å². The van der Waals surface area contributed by atoms with Crippen LogP contribution in [0, 0.1) is 6.92 Å². The minimum atomic E-state index is -1.24. The fourth-order valence-corrected chi connectivity index (χ4v) is 2.74. The summed E-state index contributed by atoms with van der Waals surface area (Å²) in [6.07, 6.45) is 1.64. The standard InChI is InChI=1S/C12H10ClNOS/c1-9-8-10(13)5-6-11(9)16(15)12-4-2-3-7-14-12/h2-8H,1H3. The summed E-state index contributed by atoms with van der Waals surface area (Å²) < 4.78 is 12.2. The summed E-state index contributed by atoms with van der Waals surface area (Å²) in [7, 11) is -1.24. The van der Waals surface area contributed by atoms with Crippen molar-refractivity contribution >= 4 is 22.4 Å². The van der Waals surface area contributed by atoms with E-state index in [1.807, 2.05) is 13.0 Å². The van der Waals surface area contributed by atoms with Crippen molar-refractivity contribution in [1.29, 1.82) is 0 Å². The van der Waals surface area contributed by atoms with E-state index < -0.39 is 10.8 Å². The van der Waals surface area contributed by atoms with Gasteiger partial charge in [-0.15, -0.1) is 0 Å². The molecule has 1 unspecified atom stereocenters. The summed E-state index contributed by atoms with van der Waals surface area (Å²) in [5.41, 5.74) is 0.913. The lowest BCUT2D eigenvalue weighted by Crippen LogP contribution is -1.97.